The van der Waals surface area contributed by atoms with E-state index in [4.69, 9.17) is 0 Å². The van der Waals surface area contributed by atoms with Gasteiger partial charge in [0.25, 0.3) is 20.2 Å². The summed E-state index contributed by atoms with van der Waals surface area (Å²) in [6.45, 7) is 4.55. The van der Waals surface area contributed by atoms with Crippen LogP contribution in [0.25, 0.3) is 0 Å². The van der Waals surface area contributed by atoms with Crippen LogP contribution in [-0.2, 0) is 29.8 Å². The lowest BCUT2D eigenvalue weighted by Gasteiger charge is -2.30. The van der Waals surface area contributed by atoms with Crippen molar-refractivity contribution >= 4 is 32.1 Å². The maximum absolute atomic E-state index is 12.9. The van der Waals surface area contributed by atoms with Crippen LogP contribution >= 0.6 is 0 Å². The molecule has 0 saturated carbocycles. The van der Waals surface area contributed by atoms with Gasteiger partial charge in [-0.3, -0.25) is 18.7 Å². The molecule has 0 aliphatic carbocycles. The second-order valence-electron chi connectivity index (χ2n) is 10.2. The zero-order valence-electron chi connectivity index (χ0n) is 23.7. The summed E-state index contributed by atoms with van der Waals surface area (Å²) in [6.07, 6.45) is 15.9. The highest BCUT2D eigenvalue weighted by Crippen LogP contribution is 2.16. The molecule has 3 N–H and O–H groups in total. The Morgan fingerprint density at radius 1 is 0.658 bits per heavy atom. The number of hydrogen-bond acceptors (Lipinski definition) is 6. The van der Waals surface area contributed by atoms with E-state index in [0.29, 0.717) is 17.7 Å². The lowest BCUT2D eigenvalue weighted by Crippen LogP contribution is -2.53. The Morgan fingerprint density at radius 2 is 1.05 bits per heavy atom. The smallest absolute Gasteiger partial charge is 0.288 e. The molecule has 12 heteroatoms. The number of amides is 2. The number of nitrogens with zero attached hydrogens (tertiary/aromatic N) is 1. The molecular formula is C26H52N2O8S2. The highest BCUT2D eigenvalue weighted by Gasteiger charge is 2.35. The predicted molar refractivity (Wildman–Crippen MR) is 151 cm³/mol. The van der Waals surface area contributed by atoms with Crippen LogP contribution in [0.15, 0.2) is 0 Å². The number of rotatable bonds is 24. The molecule has 0 aromatic rings. The quantitative estimate of drug-likeness (QED) is 0.0999. The number of carbonyl (C=O) groups is 2. The highest BCUT2D eigenvalue weighted by molar-refractivity contribution is 7.86. The minimum Gasteiger partial charge on any atom is -0.336 e. The van der Waals surface area contributed by atoms with Gasteiger partial charge in [-0.2, -0.15) is 16.8 Å². The molecule has 226 valence electrons. The Bertz CT molecular complexity index is 862. The van der Waals surface area contributed by atoms with Gasteiger partial charge in [0.15, 0.2) is 10.7 Å². The first-order valence-electron chi connectivity index (χ1n) is 14.4. The van der Waals surface area contributed by atoms with Crippen molar-refractivity contribution in [2.45, 2.75) is 147 Å². The van der Waals surface area contributed by atoms with Gasteiger partial charge in [-0.1, -0.05) is 104 Å². The molecular weight excluding hydrogens is 532 g/mol. The van der Waals surface area contributed by atoms with E-state index in [9.17, 15) is 35.5 Å². The summed E-state index contributed by atoms with van der Waals surface area (Å²) < 4.78 is 66.8. The summed E-state index contributed by atoms with van der Waals surface area (Å²) in [4.78, 5) is 25.9. The fourth-order valence-electron chi connectivity index (χ4n) is 4.23. The number of carbonyl (C=O) groups excluding carboxylic acids is 2. The molecule has 0 aromatic heterocycles. The third-order valence-corrected chi connectivity index (χ3v) is 8.84. The van der Waals surface area contributed by atoms with Crippen LogP contribution in [-0.4, -0.2) is 59.9 Å². The summed E-state index contributed by atoms with van der Waals surface area (Å²) in [6, 6.07) is 0. The van der Waals surface area contributed by atoms with Crippen molar-refractivity contribution in [3.63, 3.8) is 0 Å². The molecule has 0 aliphatic heterocycles. The van der Waals surface area contributed by atoms with E-state index < -0.39 is 49.3 Å². The Kier molecular flexibility index (Phi) is 20.0. The zero-order chi connectivity index (χ0) is 29.0. The summed E-state index contributed by atoms with van der Waals surface area (Å²) in [5.41, 5.74) is 0. The third-order valence-electron chi connectivity index (χ3n) is 6.74. The van der Waals surface area contributed by atoms with Crippen molar-refractivity contribution in [2.24, 2.45) is 0 Å². The SMILES string of the molecule is CCCCCCCCCCCC(=O)N(CC(NC(=O)CCCCCCCCC)S(=O)(=O)O)C(C)S(=O)(=O)O. The van der Waals surface area contributed by atoms with Crippen LogP contribution in [0.5, 0.6) is 0 Å². The Labute approximate surface area is 231 Å². The van der Waals surface area contributed by atoms with Gasteiger partial charge in [-0.05, 0) is 19.8 Å². The van der Waals surface area contributed by atoms with Crippen molar-refractivity contribution in [1.29, 1.82) is 0 Å². The average molecular weight is 585 g/mol. The largest absolute Gasteiger partial charge is 0.336 e. The van der Waals surface area contributed by atoms with Crippen LogP contribution in [0.2, 0.25) is 0 Å². The van der Waals surface area contributed by atoms with Crippen molar-refractivity contribution in [2.75, 3.05) is 6.54 Å². The normalized spacial score (nSPS) is 13.7. The topological polar surface area (TPSA) is 158 Å². The molecule has 0 radical (unpaired) electrons. The standard InChI is InChI=1S/C26H52N2O8S2/c1-4-6-8-10-12-13-15-17-19-21-26(30)28(23(3)37(31,32)33)22-25(38(34,35)36)27-24(29)20-18-16-14-11-9-7-5-2/h23,25H,4-22H2,1-3H3,(H,27,29)(H,31,32,33)(H,34,35,36). The van der Waals surface area contributed by atoms with Crippen LogP contribution in [0.1, 0.15) is 136 Å². The van der Waals surface area contributed by atoms with Gasteiger partial charge in [0.2, 0.25) is 11.8 Å². The van der Waals surface area contributed by atoms with Crippen LogP contribution in [0, 0.1) is 0 Å². The minimum atomic E-state index is -4.86. The molecule has 0 aromatic carbocycles. The number of hydrogen-bond donors (Lipinski definition) is 3. The van der Waals surface area contributed by atoms with E-state index in [2.05, 4.69) is 19.2 Å². The second-order valence-corrected chi connectivity index (χ2v) is 13.5. The van der Waals surface area contributed by atoms with E-state index in [0.717, 1.165) is 71.1 Å². The second kappa shape index (κ2) is 20.6. The van der Waals surface area contributed by atoms with E-state index in [1.807, 2.05) is 0 Å². The maximum atomic E-state index is 12.9. The highest BCUT2D eigenvalue weighted by atomic mass is 32.2. The molecule has 2 unspecified atom stereocenters. The first-order chi connectivity index (χ1) is 17.8. The monoisotopic (exact) mass is 584 g/mol. The summed E-state index contributed by atoms with van der Waals surface area (Å²) in [5.74, 6) is -1.29. The van der Waals surface area contributed by atoms with Gasteiger partial charge < -0.3 is 10.2 Å². The molecule has 0 aliphatic rings. The molecule has 10 nitrogen and oxygen atoms in total. The van der Waals surface area contributed by atoms with Gasteiger partial charge in [0.05, 0.1) is 6.54 Å². The van der Waals surface area contributed by atoms with Crippen molar-refractivity contribution in [3.05, 3.63) is 0 Å². The van der Waals surface area contributed by atoms with Gasteiger partial charge in [-0.25, -0.2) is 0 Å². The molecule has 0 rings (SSSR count). The first-order valence-corrected chi connectivity index (χ1v) is 17.4. The minimum absolute atomic E-state index is 0.0417. The van der Waals surface area contributed by atoms with E-state index in [1.54, 1.807) is 0 Å². The fraction of sp³-hybridized carbons (Fsp3) is 0.923. The van der Waals surface area contributed by atoms with Gasteiger partial charge in [0.1, 0.15) is 0 Å². The average Bonchev–Trinajstić information content (AvgIpc) is 2.83. The molecule has 2 amide bonds. The van der Waals surface area contributed by atoms with Crippen LogP contribution in [0.4, 0.5) is 0 Å². The van der Waals surface area contributed by atoms with Crippen molar-refractivity contribution in [3.8, 4) is 0 Å². The Hall–Kier alpha value is -1.24. The summed E-state index contributed by atoms with van der Waals surface area (Å²) in [7, 11) is -9.59. The van der Waals surface area contributed by atoms with Crippen LogP contribution in [0.3, 0.4) is 0 Å². The molecule has 2 atom stereocenters. The summed E-state index contributed by atoms with van der Waals surface area (Å²) in [5, 5.41) is -1.43. The molecule has 0 spiro atoms. The molecule has 0 heterocycles. The Balaban J connectivity index is 4.96. The predicted octanol–water partition coefficient (Wildman–Crippen LogP) is 5.44. The van der Waals surface area contributed by atoms with Gasteiger partial charge in [-0.15, -0.1) is 0 Å². The van der Waals surface area contributed by atoms with Crippen molar-refractivity contribution < 1.29 is 35.5 Å². The number of unbranched alkanes of at least 4 members (excludes halogenated alkanes) is 14. The molecule has 0 fully saturated rings. The summed E-state index contributed by atoms with van der Waals surface area (Å²) >= 11 is 0. The lowest BCUT2D eigenvalue weighted by molar-refractivity contribution is -0.132. The molecule has 0 saturated heterocycles. The van der Waals surface area contributed by atoms with Crippen LogP contribution < -0.4 is 5.32 Å². The zero-order valence-corrected chi connectivity index (χ0v) is 25.3. The van der Waals surface area contributed by atoms with E-state index in [-0.39, 0.29) is 12.8 Å². The third kappa shape index (κ3) is 18.1. The van der Waals surface area contributed by atoms with E-state index >= 15 is 0 Å². The number of nitrogens with one attached hydrogen (secondary N) is 1. The van der Waals surface area contributed by atoms with E-state index in [1.165, 1.54) is 25.7 Å². The lowest BCUT2D eigenvalue weighted by atomic mass is 10.1. The van der Waals surface area contributed by atoms with Gasteiger partial charge >= 0.3 is 0 Å². The Morgan fingerprint density at radius 3 is 1.45 bits per heavy atom. The molecule has 0 bridgehead atoms. The first kappa shape index (κ1) is 36.8. The fourth-order valence-corrected chi connectivity index (χ4v) is 5.39. The maximum Gasteiger partial charge on any atom is 0.288 e. The van der Waals surface area contributed by atoms with Gasteiger partial charge in [0, 0.05) is 12.8 Å². The molecule has 38 heavy (non-hydrogen) atoms. The van der Waals surface area contributed by atoms with Crippen molar-refractivity contribution in [1.82, 2.24) is 10.2 Å².